The highest BCUT2D eigenvalue weighted by atomic mass is 16.5. The molecule has 3 heteroatoms. The Morgan fingerprint density at radius 3 is 2.93 bits per heavy atom. The average molecular weight is 196 g/mol. The van der Waals surface area contributed by atoms with Crippen LogP contribution < -0.4 is 5.73 Å². The lowest BCUT2D eigenvalue weighted by atomic mass is 10.3. The van der Waals surface area contributed by atoms with Gasteiger partial charge in [-0.05, 0) is 37.7 Å². The molecule has 0 amide bonds. The summed E-state index contributed by atoms with van der Waals surface area (Å²) in [5, 5.41) is 0. The van der Waals surface area contributed by atoms with Crippen LogP contribution in [0.4, 0.5) is 0 Å². The van der Waals surface area contributed by atoms with Gasteiger partial charge >= 0.3 is 0 Å². The maximum Gasteiger partial charge on any atom is 0.117 e. The third-order valence-corrected chi connectivity index (χ3v) is 2.25. The van der Waals surface area contributed by atoms with Crippen LogP contribution in [0.1, 0.15) is 25.7 Å². The highest BCUT2D eigenvalue weighted by Crippen LogP contribution is 2.28. The Bertz CT molecular complexity index is 197. The van der Waals surface area contributed by atoms with Gasteiger partial charge in [0, 0.05) is 19.8 Å². The van der Waals surface area contributed by atoms with E-state index in [1.54, 1.807) is 6.08 Å². The van der Waals surface area contributed by atoms with E-state index in [9.17, 15) is 0 Å². The van der Waals surface area contributed by atoms with Crippen molar-refractivity contribution in [2.24, 2.45) is 16.6 Å². The number of unbranched alkanes of at least 4 members (excludes halogenated alkanes) is 1. The summed E-state index contributed by atoms with van der Waals surface area (Å²) in [6, 6.07) is 0. The molecule has 0 atom stereocenters. The minimum absolute atomic E-state index is 0.531. The molecule has 1 rings (SSSR count). The Balaban J connectivity index is 1.81. The summed E-state index contributed by atoms with van der Waals surface area (Å²) in [7, 11) is 0. The van der Waals surface area contributed by atoms with Gasteiger partial charge in [0.05, 0.1) is 0 Å². The zero-order valence-electron chi connectivity index (χ0n) is 8.74. The molecule has 0 aromatic carbocycles. The van der Waals surface area contributed by atoms with Gasteiger partial charge in [0.1, 0.15) is 5.84 Å². The van der Waals surface area contributed by atoms with Gasteiger partial charge < -0.3 is 10.5 Å². The monoisotopic (exact) mass is 196 g/mol. The van der Waals surface area contributed by atoms with Crippen LogP contribution in [0, 0.1) is 5.92 Å². The van der Waals surface area contributed by atoms with Gasteiger partial charge in [0.15, 0.2) is 0 Å². The average Bonchev–Trinajstić information content (AvgIpc) is 2.99. The normalized spacial score (nSPS) is 17.0. The predicted molar refractivity (Wildman–Crippen MR) is 59.5 cm³/mol. The molecular formula is C11H20N2O. The summed E-state index contributed by atoms with van der Waals surface area (Å²) in [5.74, 6) is 1.40. The second-order valence-electron chi connectivity index (χ2n) is 3.74. The van der Waals surface area contributed by atoms with Crippen LogP contribution in [0.25, 0.3) is 0 Å². The van der Waals surface area contributed by atoms with Crippen molar-refractivity contribution in [3.8, 4) is 0 Å². The van der Waals surface area contributed by atoms with Crippen molar-refractivity contribution in [3.05, 3.63) is 12.7 Å². The third-order valence-electron chi connectivity index (χ3n) is 2.25. The highest BCUT2D eigenvalue weighted by molar-refractivity contribution is 5.90. The molecule has 0 aromatic rings. The van der Waals surface area contributed by atoms with Gasteiger partial charge in [0.2, 0.25) is 0 Å². The molecule has 0 spiro atoms. The molecule has 0 unspecified atom stereocenters. The van der Waals surface area contributed by atoms with Gasteiger partial charge in [0.25, 0.3) is 0 Å². The minimum Gasteiger partial charge on any atom is -0.384 e. The molecule has 1 fully saturated rings. The summed E-state index contributed by atoms with van der Waals surface area (Å²) >= 11 is 0. The Kier molecular flexibility index (Phi) is 5.30. The first-order valence-electron chi connectivity index (χ1n) is 5.33. The van der Waals surface area contributed by atoms with E-state index in [1.807, 2.05) is 0 Å². The number of hydrogen-bond acceptors (Lipinski definition) is 2. The van der Waals surface area contributed by atoms with E-state index in [2.05, 4.69) is 11.6 Å². The quantitative estimate of drug-likeness (QED) is 0.365. The lowest BCUT2D eigenvalue weighted by Gasteiger charge is -2.01. The Hall–Kier alpha value is -0.830. The summed E-state index contributed by atoms with van der Waals surface area (Å²) in [6.45, 7) is 6.13. The van der Waals surface area contributed by atoms with Crippen LogP contribution in [0.2, 0.25) is 0 Å². The van der Waals surface area contributed by atoms with Gasteiger partial charge in [-0.25, -0.2) is 0 Å². The van der Waals surface area contributed by atoms with Crippen molar-refractivity contribution >= 4 is 5.84 Å². The smallest absolute Gasteiger partial charge is 0.117 e. The Morgan fingerprint density at radius 2 is 2.29 bits per heavy atom. The summed E-state index contributed by atoms with van der Waals surface area (Å²) in [5.41, 5.74) is 5.46. The zero-order valence-corrected chi connectivity index (χ0v) is 8.74. The predicted octanol–water partition coefficient (Wildman–Crippen LogP) is 1.74. The number of nitrogens with zero attached hydrogens (tertiary/aromatic N) is 1. The number of nitrogens with two attached hydrogens (primary N) is 1. The van der Waals surface area contributed by atoms with Gasteiger partial charge in [-0.3, -0.25) is 4.99 Å². The van der Waals surface area contributed by atoms with E-state index < -0.39 is 0 Å². The van der Waals surface area contributed by atoms with E-state index in [4.69, 9.17) is 10.5 Å². The van der Waals surface area contributed by atoms with E-state index in [-0.39, 0.29) is 0 Å². The van der Waals surface area contributed by atoms with Gasteiger partial charge in [-0.15, -0.1) is 0 Å². The van der Waals surface area contributed by atoms with Crippen molar-refractivity contribution in [2.45, 2.75) is 25.7 Å². The molecule has 80 valence electrons. The zero-order chi connectivity index (χ0) is 10.2. The largest absolute Gasteiger partial charge is 0.384 e. The van der Waals surface area contributed by atoms with Crippen LogP contribution in [0.5, 0.6) is 0 Å². The molecule has 0 radical (unpaired) electrons. The van der Waals surface area contributed by atoms with Crippen molar-refractivity contribution in [2.75, 3.05) is 19.8 Å². The standard InChI is InChI=1S/C11H20N2O/c1-2-11(12)13-7-3-4-8-14-9-10-5-6-10/h2,10H,1,3-9H2,(H2,12,13). The molecule has 2 N–H and O–H groups in total. The van der Waals surface area contributed by atoms with E-state index in [1.165, 1.54) is 12.8 Å². The molecular weight excluding hydrogens is 176 g/mol. The van der Waals surface area contributed by atoms with Crippen LogP contribution in [-0.2, 0) is 4.74 Å². The summed E-state index contributed by atoms with van der Waals surface area (Å²) in [4.78, 5) is 4.11. The van der Waals surface area contributed by atoms with Gasteiger partial charge in [-0.2, -0.15) is 0 Å². The van der Waals surface area contributed by atoms with Crippen LogP contribution in [0.3, 0.4) is 0 Å². The fourth-order valence-electron chi connectivity index (χ4n) is 1.12. The van der Waals surface area contributed by atoms with Crippen molar-refractivity contribution < 1.29 is 4.74 Å². The molecule has 3 nitrogen and oxygen atoms in total. The van der Waals surface area contributed by atoms with E-state index >= 15 is 0 Å². The first-order chi connectivity index (χ1) is 6.83. The molecule has 0 aromatic heterocycles. The van der Waals surface area contributed by atoms with Crippen molar-refractivity contribution in [1.82, 2.24) is 0 Å². The van der Waals surface area contributed by atoms with E-state index in [0.29, 0.717) is 5.84 Å². The molecule has 1 aliphatic carbocycles. The minimum atomic E-state index is 0.531. The SMILES string of the molecule is C=CC(N)=NCCCCOCC1CC1. The maximum atomic E-state index is 5.49. The fraction of sp³-hybridized carbons (Fsp3) is 0.727. The molecule has 1 saturated carbocycles. The van der Waals surface area contributed by atoms with Crippen molar-refractivity contribution in [3.63, 3.8) is 0 Å². The topological polar surface area (TPSA) is 47.6 Å². The second kappa shape index (κ2) is 6.60. The number of ether oxygens (including phenoxy) is 1. The highest BCUT2D eigenvalue weighted by Gasteiger charge is 2.20. The maximum absolute atomic E-state index is 5.49. The summed E-state index contributed by atoms with van der Waals surface area (Å²) in [6.07, 6.45) is 6.41. The number of hydrogen-bond donors (Lipinski definition) is 1. The van der Waals surface area contributed by atoms with E-state index in [0.717, 1.165) is 38.5 Å². The lowest BCUT2D eigenvalue weighted by Crippen LogP contribution is -2.08. The molecule has 0 saturated heterocycles. The molecule has 1 aliphatic rings. The molecule has 0 heterocycles. The van der Waals surface area contributed by atoms with Crippen LogP contribution in [-0.4, -0.2) is 25.6 Å². The van der Waals surface area contributed by atoms with Gasteiger partial charge in [-0.1, -0.05) is 6.58 Å². The molecule has 14 heavy (non-hydrogen) atoms. The second-order valence-corrected chi connectivity index (χ2v) is 3.74. The number of amidine groups is 1. The fourth-order valence-corrected chi connectivity index (χ4v) is 1.12. The summed E-state index contributed by atoms with van der Waals surface area (Å²) < 4.78 is 5.49. The Morgan fingerprint density at radius 1 is 1.50 bits per heavy atom. The van der Waals surface area contributed by atoms with Crippen LogP contribution >= 0.6 is 0 Å². The van der Waals surface area contributed by atoms with Crippen LogP contribution in [0.15, 0.2) is 17.6 Å². The van der Waals surface area contributed by atoms with Crippen molar-refractivity contribution in [1.29, 1.82) is 0 Å². The Labute approximate surface area is 86.0 Å². The molecule has 0 bridgehead atoms. The molecule has 0 aliphatic heterocycles. The first-order valence-corrected chi connectivity index (χ1v) is 5.33. The number of rotatable bonds is 8. The third kappa shape index (κ3) is 5.75. The lowest BCUT2D eigenvalue weighted by molar-refractivity contribution is 0.121. The number of aliphatic imine (C=N–C) groups is 1. The first kappa shape index (κ1) is 11.2.